The Morgan fingerprint density at radius 3 is 2.40 bits per heavy atom. The summed E-state index contributed by atoms with van der Waals surface area (Å²) in [6.45, 7) is 5.49. The van der Waals surface area contributed by atoms with Crippen molar-refractivity contribution in [3.8, 4) is 0 Å². The van der Waals surface area contributed by atoms with Crippen LogP contribution in [0.25, 0.3) is 0 Å². The van der Waals surface area contributed by atoms with E-state index in [-0.39, 0.29) is 5.91 Å². The monoisotopic (exact) mass is 275 g/mol. The number of hydrogen-bond acceptors (Lipinski definition) is 3. The summed E-state index contributed by atoms with van der Waals surface area (Å²) in [5.41, 5.74) is 1.80. The molecule has 0 spiro atoms. The SMILES string of the molecule is CCN1CCC(N(C)C(=O)c2ccc(NC)cc2)CC1. The van der Waals surface area contributed by atoms with E-state index in [1.165, 1.54) is 0 Å². The number of carbonyl (C=O) groups excluding carboxylic acids is 1. The van der Waals surface area contributed by atoms with Crippen LogP contribution < -0.4 is 5.32 Å². The molecule has 4 heteroatoms. The van der Waals surface area contributed by atoms with Crippen LogP contribution in [0.1, 0.15) is 30.1 Å². The van der Waals surface area contributed by atoms with Crippen LogP contribution in [0.3, 0.4) is 0 Å². The van der Waals surface area contributed by atoms with Gasteiger partial charge in [-0.05, 0) is 43.7 Å². The molecule has 0 saturated carbocycles. The van der Waals surface area contributed by atoms with Gasteiger partial charge in [0.15, 0.2) is 0 Å². The lowest BCUT2D eigenvalue weighted by atomic mass is 10.0. The first kappa shape index (κ1) is 14.9. The third kappa shape index (κ3) is 3.31. The normalized spacial score (nSPS) is 16.9. The molecule has 2 rings (SSSR count). The van der Waals surface area contributed by atoms with Gasteiger partial charge in [-0.15, -0.1) is 0 Å². The van der Waals surface area contributed by atoms with Crippen LogP contribution in [0.15, 0.2) is 24.3 Å². The number of rotatable bonds is 4. The van der Waals surface area contributed by atoms with Crippen molar-refractivity contribution in [3.05, 3.63) is 29.8 Å². The average Bonchev–Trinajstić information content (AvgIpc) is 2.53. The number of benzene rings is 1. The number of likely N-dealkylation sites (tertiary alicyclic amines) is 1. The molecule has 0 unspecified atom stereocenters. The van der Waals surface area contributed by atoms with E-state index in [1.807, 2.05) is 43.3 Å². The lowest BCUT2D eigenvalue weighted by Gasteiger charge is -2.36. The molecule has 1 aliphatic rings. The zero-order chi connectivity index (χ0) is 14.5. The predicted molar refractivity (Wildman–Crippen MR) is 83.2 cm³/mol. The Labute approximate surface area is 121 Å². The number of piperidine rings is 1. The Morgan fingerprint density at radius 1 is 1.30 bits per heavy atom. The van der Waals surface area contributed by atoms with Crippen molar-refractivity contribution < 1.29 is 4.79 Å². The average molecular weight is 275 g/mol. The van der Waals surface area contributed by atoms with E-state index >= 15 is 0 Å². The minimum Gasteiger partial charge on any atom is -0.388 e. The van der Waals surface area contributed by atoms with Gasteiger partial charge in [0, 0.05) is 44.5 Å². The molecule has 1 aromatic carbocycles. The fourth-order valence-corrected chi connectivity index (χ4v) is 2.77. The summed E-state index contributed by atoms with van der Waals surface area (Å²) in [5.74, 6) is 0.127. The quantitative estimate of drug-likeness (QED) is 0.915. The topological polar surface area (TPSA) is 35.6 Å². The highest BCUT2D eigenvalue weighted by atomic mass is 16.2. The van der Waals surface area contributed by atoms with Crippen molar-refractivity contribution in [2.75, 3.05) is 39.0 Å². The van der Waals surface area contributed by atoms with Gasteiger partial charge in [0.05, 0.1) is 0 Å². The lowest BCUT2D eigenvalue weighted by molar-refractivity contribution is 0.0647. The highest BCUT2D eigenvalue weighted by Gasteiger charge is 2.25. The van der Waals surface area contributed by atoms with Gasteiger partial charge in [0.1, 0.15) is 0 Å². The summed E-state index contributed by atoms with van der Waals surface area (Å²) in [4.78, 5) is 16.8. The fraction of sp³-hybridized carbons (Fsp3) is 0.562. The van der Waals surface area contributed by atoms with Gasteiger partial charge in [0.25, 0.3) is 5.91 Å². The highest BCUT2D eigenvalue weighted by molar-refractivity contribution is 5.94. The van der Waals surface area contributed by atoms with Crippen LogP contribution in [0.4, 0.5) is 5.69 Å². The Bertz CT molecular complexity index is 436. The van der Waals surface area contributed by atoms with E-state index in [1.54, 1.807) is 0 Å². The summed E-state index contributed by atoms with van der Waals surface area (Å²) in [6.07, 6.45) is 2.15. The molecule has 4 nitrogen and oxygen atoms in total. The molecule has 0 aliphatic carbocycles. The largest absolute Gasteiger partial charge is 0.388 e. The molecule has 0 bridgehead atoms. The molecule has 1 fully saturated rings. The zero-order valence-electron chi connectivity index (χ0n) is 12.7. The number of nitrogens with one attached hydrogen (secondary N) is 1. The van der Waals surface area contributed by atoms with Gasteiger partial charge in [-0.25, -0.2) is 0 Å². The van der Waals surface area contributed by atoms with Crippen molar-refractivity contribution in [3.63, 3.8) is 0 Å². The summed E-state index contributed by atoms with van der Waals surface area (Å²) < 4.78 is 0. The zero-order valence-corrected chi connectivity index (χ0v) is 12.7. The summed E-state index contributed by atoms with van der Waals surface area (Å²) in [7, 11) is 3.81. The number of nitrogens with zero attached hydrogens (tertiary/aromatic N) is 2. The van der Waals surface area contributed by atoms with Crippen LogP contribution >= 0.6 is 0 Å². The highest BCUT2D eigenvalue weighted by Crippen LogP contribution is 2.18. The molecule has 1 N–H and O–H groups in total. The summed E-state index contributed by atoms with van der Waals surface area (Å²) >= 11 is 0. The van der Waals surface area contributed by atoms with E-state index < -0.39 is 0 Å². The Morgan fingerprint density at radius 2 is 1.90 bits per heavy atom. The summed E-state index contributed by atoms with van der Waals surface area (Å²) in [5, 5.41) is 3.07. The van der Waals surface area contributed by atoms with Crippen molar-refractivity contribution in [2.45, 2.75) is 25.8 Å². The Balaban J connectivity index is 1.97. The molecule has 1 aliphatic heterocycles. The molecule has 1 amide bonds. The van der Waals surface area contributed by atoms with Crippen LogP contribution in [0, 0.1) is 0 Å². The van der Waals surface area contributed by atoms with Crippen LogP contribution in [-0.2, 0) is 0 Å². The molecule has 0 atom stereocenters. The minimum atomic E-state index is 0.127. The third-order valence-corrected chi connectivity index (χ3v) is 4.29. The molecular formula is C16H25N3O. The van der Waals surface area contributed by atoms with Crippen LogP contribution in [-0.4, -0.2) is 55.5 Å². The number of hydrogen-bond donors (Lipinski definition) is 1. The van der Waals surface area contributed by atoms with Crippen LogP contribution in [0.5, 0.6) is 0 Å². The van der Waals surface area contributed by atoms with E-state index in [9.17, 15) is 4.79 Å². The van der Waals surface area contributed by atoms with E-state index in [4.69, 9.17) is 0 Å². The molecule has 1 heterocycles. The van der Waals surface area contributed by atoms with Gasteiger partial charge in [-0.3, -0.25) is 4.79 Å². The lowest BCUT2D eigenvalue weighted by Crippen LogP contribution is -2.45. The number of anilines is 1. The van der Waals surface area contributed by atoms with Crippen molar-refractivity contribution in [1.82, 2.24) is 9.80 Å². The third-order valence-electron chi connectivity index (χ3n) is 4.29. The predicted octanol–water partition coefficient (Wildman–Crippen LogP) is 2.28. The first-order valence-electron chi connectivity index (χ1n) is 7.43. The molecular weight excluding hydrogens is 250 g/mol. The fourth-order valence-electron chi connectivity index (χ4n) is 2.77. The maximum atomic E-state index is 12.5. The van der Waals surface area contributed by atoms with Gasteiger partial charge < -0.3 is 15.1 Å². The van der Waals surface area contributed by atoms with E-state index in [0.717, 1.165) is 43.7 Å². The standard InChI is InChI=1S/C16H25N3O/c1-4-19-11-9-15(10-12-19)18(3)16(20)13-5-7-14(17-2)8-6-13/h5-8,15,17H,4,9-12H2,1-3H3. The Hall–Kier alpha value is -1.55. The number of carbonyl (C=O) groups is 1. The molecule has 110 valence electrons. The molecule has 0 aromatic heterocycles. The van der Waals surface area contributed by atoms with Gasteiger partial charge in [-0.2, -0.15) is 0 Å². The van der Waals surface area contributed by atoms with E-state index in [2.05, 4.69) is 17.1 Å². The van der Waals surface area contributed by atoms with Crippen molar-refractivity contribution in [1.29, 1.82) is 0 Å². The first-order chi connectivity index (χ1) is 9.65. The first-order valence-corrected chi connectivity index (χ1v) is 7.43. The summed E-state index contributed by atoms with van der Waals surface area (Å²) in [6, 6.07) is 8.05. The van der Waals surface area contributed by atoms with Crippen molar-refractivity contribution in [2.24, 2.45) is 0 Å². The maximum Gasteiger partial charge on any atom is 0.253 e. The van der Waals surface area contributed by atoms with E-state index in [0.29, 0.717) is 6.04 Å². The van der Waals surface area contributed by atoms with Crippen molar-refractivity contribution >= 4 is 11.6 Å². The second-order valence-corrected chi connectivity index (χ2v) is 5.41. The number of amides is 1. The molecule has 1 saturated heterocycles. The Kier molecular flexibility index (Phi) is 5.01. The second kappa shape index (κ2) is 6.75. The molecule has 20 heavy (non-hydrogen) atoms. The molecule has 0 radical (unpaired) electrons. The van der Waals surface area contributed by atoms with Gasteiger partial charge in [-0.1, -0.05) is 6.92 Å². The molecule has 1 aromatic rings. The maximum absolute atomic E-state index is 12.5. The van der Waals surface area contributed by atoms with Gasteiger partial charge >= 0.3 is 0 Å². The second-order valence-electron chi connectivity index (χ2n) is 5.41. The minimum absolute atomic E-state index is 0.127. The van der Waals surface area contributed by atoms with Gasteiger partial charge in [0.2, 0.25) is 0 Å². The smallest absolute Gasteiger partial charge is 0.253 e. The van der Waals surface area contributed by atoms with Crippen LogP contribution in [0.2, 0.25) is 0 Å².